The van der Waals surface area contributed by atoms with Crippen LogP contribution < -0.4 is 16.0 Å². The molecule has 0 aromatic heterocycles. The number of guanidine groups is 1. The van der Waals surface area contributed by atoms with Crippen LogP contribution >= 0.6 is 11.8 Å². The molecule has 0 saturated carbocycles. The van der Waals surface area contributed by atoms with Gasteiger partial charge in [-0.1, -0.05) is 18.2 Å². The summed E-state index contributed by atoms with van der Waals surface area (Å²) in [4.78, 5) is 17.4. The van der Waals surface area contributed by atoms with Gasteiger partial charge in [-0.05, 0) is 32.9 Å². The van der Waals surface area contributed by atoms with Crippen LogP contribution in [0.5, 0.6) is 0 Å². The van der Waals surface area contributed by atoms with Gasteiger partial charge >= 0.3 is 0 Å². The third-order valence-corrected chi connectivity index (χ3v) is 4.29. The van der Waals surface area contributed by atoms with Crippen molar-refractivity contribution in [3.05, 3.63) is 30.3 Å². The lowest BCUT2D eigenvalue weighted by Crippen LogP contribution is -2.48. The van der Waals surface area contributed by atoms with Crippen molar-refractivity contribution in [1.29, 1.82) is 0 Å². The van der Waals surface area contributed by atoms with Gasteiger partial charge in [-0.15, -0.1) is 11.8 Å². The van der Waals surface area contributed by atoms with Crippen LogP contribution in [0.15, 0.2) is 40.2 Å². The maximum atomic E-state index is 12.0. The summed E-state index contributed by atoms with van der Waals surface area (Å²) >= 11 is 1.80. The fraction of sp³-hybridized carbons (Fsp3) is 0.529. The number of amides is 1. The SMILES string of the molecule is CCNC(=O)C(C)(C)CNC(=NC)NCCSc1ccccc1. The van der Waals surface area contributed by atoms with Gasteiger partial charge in [0, 0.05) is 37.3 Å². The number of carbonyl (C=O) groups is 1. The lowest BCUT2D eigenvalue weighted by atomic mass is 9.92. The molecule has 0 saturated heterocycles. The number of nitrogens with one attached hydrogen (secondary N) is 3. The van der Waals surface area contributed by atoms with E-state index in [0.717, 1.165) is 18.3 Å². The van der Waals surface area contributed by atoms with E-state index < -0.39 is 5.41 Å². The number of nitrogens with zero attached hydrogens (tertiary/aromatic N) is 1. The number of thioether (sulfide) groups is 1. The molecule has 128 valence electrons. The second-order valence-electron chi connectivity index (χ2n) is 5.76. The zero-order valence-corrected chi connectivity index (χ0v) is 15.3. The molecular formula is C17H28N4OS. The molecule has 0 atom stereocenters. The summed E-state index contributed by atoms with van der Waals surface area (Å²) in [5, 5.41) is 9.34. The largest absolute Gasteiger partial charge is 0.356 e. The van der Waals surface area contributed by atoms with E-state index in [-0.39, 0.29) is 5.91 Å². The molecule has 0 aliphatic rings. The van der Waals surface area contributed by atoms with E-state index in [1.807, 2.05) is 39.0 Å². The summed E-state index contributed by atoms with van der Waals surface area (Å²) in [7, 11) is 1.73. The third-order valence-electron chi connectivity index (χ3n) is 3.28. The zero-order chi connectivity index (χ0) is 17.1. The molecule has 0 fully saturated rings. The van der Waals surface area contributed by atoms with E-state index in [2.05, 4.69) is 33.1 Å². The summed E-state index contributed by atoms with van der Waals surface area (Å²) in [5.74, 6) is 1.71. The number of hydrogen-bond acceptors (Lipinski definition) is 3. The summed E-state index contributed by atoms with van der Waals surface area (Å²) in [6.07, 6.45) is 0. The fourth-order valence-electron chi connectivity index (χ4n) is 1.86. The van der Waals surface area contributed by atoms with Crippen molar-refractivity contribution in [2.45, 2.75) is 25.7 Å². The smallest absolute Gasteiger partial charge is 0.227 e. The first-order chi connectivity index (χ1) is 11.0. The lowest BCUT2D eigenvalue weighted by molar-refractivity contribution is -0.128. The van der Waals surface area contributed by atoms with E-state index in [0.29, 0.717) is 13.1 Å². The van der Waals surface area contributed by atoms with Gasteiger partial charge in [-0.25, -0.2) is 0 Å². The Bertz CT molecular complexity index is 503. The van der Waals surface area contributed by atoms with Crippen LogP contribution in [0, 0.1) is 5.41 Å². The van der Waals surface area contributed by atoms with E-state index in [1.54, 1.807) is 18.8 Å². The molecule has 5 nitrogen and oxygen atoms in total. The minimum Gasteiger partial charge on any atom is -0.356 e. The van der Waals surface area contributed by atoms with Crippen LogP contribution in [0.3, 0.4) is 0 Å². The number of carbonyl (C=O) groups excluding carboxylic acids is 1. The molecule has 0 unspecified atom stereocenters. The lowest BCUT2D eigenvalue weighted by Gasteiger charge is -2.24. The third kappa shape index (κ3) is 7.41. The van der Waals surface area contributed by atoms with E-state index >= 15 is 0 Å². The first-order valence-electron chi connectivity index (χ1n) is 7.90. The molecule has 0 bridgehead atoms. The van der Waals surface area contributed by atoms with Crippen LogP contribution in [0.4, 0.5) is 0 Å². The molecule has 0 heterocycles. The number of benzene rings is 1. The van der Waals surface area contributed by atoms with Crippen LogP contribution in [0.1, 0.15) is 20.8 Å². The molecule has 6 heteroatoms. The Morgan fingerprint density at radius 1 is 1.17 bits per heavy atom. The standard InChI is InChI=1S/C17H28N4OS/c1-5-19-15(22)17(2,3)13-21-16(18-4)20-11-12-23-14-9-7-6-8-10-14/h6-10H,5,11-13H2,1-4H3,(H,19,22)(H2,18,20,21). The van der Waals surface area contributed by atoms with Crippen LogP contribution in [0.25, 0.3) is 0 Å². The predicted octanol–water partition coefficient (Wildman–Crippen LogP) is 2.11. The Morgan fingerprint density at radius 2 is 1.87 bits per heavy atom. The van der Waals surface area contributed by atoms with Crippen LogP contribution in [-0.4, -0.2) is 44.3 Å². The highest BCUT2D eigenvalue weighted by atomic mass is 32.2. The molecule has 1 rings (SSSR count). The molecule has 0 spiro atoms. The Balaban J connectivity index is 2.30. The minimum absolute atomic E-state index is 0.0441. The van der Waals surface area contributed by atoms with Crippen LogP contribution in [-0.2, 0) is 4.79 Å². The summed E-state index contributed by atoms with van der Waals surface area (Å²) in [6.45, 7) is 7.75. The van der Waals surface area contributed by atoms with Gasteiger partial charge in [0.25, 0.3) is 0 Å². The van der Waals surface area contributed by atoms with E-state index in [4.69, 9.17) is 0 Å². The van der Waals surface area contributed by atoms with Crippen molar-refractivity contribution >= 4 is 23.6 Å². The molecule has 3 N–H and O–H groups in total. The number of hydrogen-bond donors (Lipinski definition) is 3. The highest BCUT2D eigenvalue weighted by Crippen LogP contribution is 2.16. The molecule has 0 aliphatic carbocycles. The normalized spacial score (nSPS) is 11.9. The Kier molecular flexibility index (Phi) is 8.55. The Hall–Kier alpha value is -1.69. The Labute approximate surface area is 143 Å². The predicted molar refractivity (Wildman–Crippen MR) is 99.0 cm³/mol. The van der Waals surface area contributed by atoms with Gasteiger partial charge in [0.15, 0.2) is 5.96 Å². The molecule has 0 aliphatic heterocycles. The van der Waals surface area contributed by atoms with Gasteiger partial charge in [0.2, 0.25) is 5.91 Å². The number of rotatable bonds is 8. The van der Waals surface area contributed by atoms with Crippen molar-refractivity contribution < 1.29 is 4.79 Å². The first-order valence-corrected chi connectivity index (χ1v) is 8.89. The van der Waals surface area contributed by atoms with Crippen molar-refractivity contribution in [3.63, 3.8) is 0 Å². The highest BCUT2D eigenvalue weighted by Gasteiger charge is 2.27. The van der Waals surface area contributed by atoms with E-state index in [1.165, 1.54) is 4.90 Å². The minimum atomic E-state index is -0.480. The molecule has 1 aromatic carbocycles. The second-order valence-corrected chi connectivity index (χ2v) is 6.93. The highest BCUT2D eigenvalue weighted by molar-refractivity contribution is 7.99. The summed E-state index contributed by atoms with van der Waals surface area (Å²) < 4.78 is 0. The van der Waals surface area contributed by atoms with Crippen molar-refractivity contribution in [2.24, 2.45) is 10.4 Å². The number of aliphatic imine (C=N–C) groups is 1. The quantitative estimate of drug-likeness (QED) is 0.294. The zero-order valence-electron chi connectivity index (χ0n) is 14.5. The Morgan fingerprint density at radius 3 is 2.48 bits per heavy atom. The van der Waals surface area contributed by atoms with Crippen molar-refractivity contribution in [2.75, 3.05) is 32.4 Å². The maximum Gasteiger partial charge on any atom is 0.227 e. The topological polar surface area (TPSA) is 65.5 Å². The van der Waals surface area contributed by atoms with Gasteiger partial charge in [0.05, 0.1) is 5.41 Å². The summed E-state index contributed by atoms with van der Waals surface area (Å²) in [5.41, 5.74) is -0.480. The monoisotopic (exact) mass is 336 g/mol. The molecule has 0 radical (unpaired) electrons. The first kappa shape index (κ1) is 19.4. The van der Waals surface area contributed by atoms with Crippen molar-refractivity contribution in [1.82, 2.24) is 16.0 Å². The average Bonchev–Trinajstić information content (AvgIpc) is 2.55. The molecular weight excluding hydrogens is 308 g/mol. The van der Waals surface area contributed by atoms with Crippen molar-refractivity contribution in [3.8, 4) is 0 Å². The van der Waals surface area contributed by atoms with Gasteiger partial charge in [-0.2, -0.15) is 0 Å². The molecule has 1 aromatic rings. The van der Waals surface area contributed by atoms with E-state index in [9.17, 15) is 4.79 Å². The summed E-state index contributed by atoms with van der Waals surface area (Å²) in [6, 6.07) is 10.3. The second kappa shape index (κ2) is 10.2. The van der Waals surface area contributed by atoms with Gasteiger partial charge in [0.1, 0.15) is 0 Å². The van der Waals surface area contributed by atoms with Crippen LogP contribution in [0.2, 0.25) is 0 Å². The molecule has 23 heavy (non-hydrogen) atoms. The average molecular weight is 337 g/mol. The van der Waals surface area contributed by atoms with Gasteiger partial charge < -0.3 is 16.0 Å². The van der Waals surface area contributed by atoms with Gasteiger partial charge in [-0.3, -0.25) is 9.79 Å². The molecule has 1 amide bonds. The fourth-order valence-corrected chi connectivity index (χ4v) is 2.65. The maximum absolute atomic E-state index is 12.0.